The van der Waals surface area contributed by atoms with Crippen LogP contribution < -0.4 is 5.32 Å². The van der Waals surface area contributed by atoms with Gasteiger partial charge in [0.2, 0.25) is 0 Å². The first kappa shape index (κ1) is 13.7. The molecule has 1 amide bonds. The van der Waals surface area contributed by atoms with Crippen molar-refractivity contribution in [3.05, 3.63) is 64.4 Å². The van der Waals surface area contributed by atoms with Crippen LogP contribution >= 0.6 is 11.6 Å². The molecule has 1 N–H and O–H groups in total. The first-order valence-corrected chi connectivity index (χ1v) is 6.99. The molecule has 0 aliphatic heterocycles. The maximum Gasteiger partial charge on any atom is 0.291 e. The van der Waals surface area contributed by atoms with Crippen LogP contribution in [-0.2, 0) is 0 Å². The van der Waals surface area contributed by atoms with Crippen molar-refractivity contribution in [1.29, 1.82) is 0 Å². The molecule has 106 valence electrons. The van der Waals surface area contributed by atoms with Crippen molar-refractivity contribution >= 4 is 34.2 Å². The van der Waals surface area contributed by atoms with Crippen LogP contribution in [-0.4, -0.2) is 5.91 Å². The van der Waals surface area contributed by atoms with E-state index in [0.29, 0.717) is 22.1 Å². The molecular formula is C17H14ClNO2. The number of anilines is 1. The summed E-state index contributed by atoms with van der Waals surface area (Å²) < 4.78 is 5.64. The maximum atomic E-state index is 12.4. The highest BCUT2D eigenvalue weighted by Gasteiger charge is 2.18. The van der Waals surface area contributed by atoms with Gasteiger partial charge in [0.15, 0.2) is 5.76 Å². The molecule has 1 aromatic heterocycles. The van der Waals surface area contributed by atoms with Crippen molar-refractivity contribution in [3.63, 3.8) is 0 Å². The Labute approximate surface area is 127 Å². The van der Waals surface area contributed by atoms with Gasteiger partial charge in [0.25, 0.3) is 5.91 Å². The lowest BCUT2D eigenvalue weighted by atomic mass is 10.1. The van der Waals surface area contributed by atoms with Gasteiger partial charge in [-0.25, -0.2) is 0 Å². The van der Waals surface area contributed by atoms with E-state index < -0.39 is 0 Å². The van der Waals surface area contributed by atoms with Crippen molar-refractivity contribution in [3.8, 4) is 0 Å². The van der Waals surface area contributed by atoms with E-state index in [-0.39, 0.29) is 5.91 Å². The van der Waals surface area contributed by atoms with Crippen LogP contribution in [0, 0.1) is 13.8 Å². The van der Waals surface area contributed by atoms with Crippen LogP contribution in [0.1, 0.15) is 21.7 Å². The molecule has 0 saturated carbocycles. The smallest absolute Gasteiger partial charge is 0.291 e. The number of hydrogen-bond donors (Lipinski definition) is 1. The molecule has 3 nitrogen and oxygen atoms in total. The average Bonchev–Trinajstić information content (AvgIpc) is 2.80. The Balaban J connectivity index is 1.95. The van der Waals surface area contributed by atoms with Gasteiger partial charge in [-0.3, -0.25) is 4.79 Å². The van der Waals surface area contributed by atoms with Gasteiger partial charge < -0.3 is 9.73 Å². The van der Waals surface area contributed by atoms with Crippen molar-refractivity contribution in [2.45, 2.75) is 13.8 Å². The summed E-state index contributed by atoms with van der Waals surface area (Å²) in [5, 5.41) is 4.24. The number of halogens is 1. The van der Waals surface area contributed by atoms with E-state index in [4.69, 9.17) is 16.0 Å². The number of nitrogens with one attached hydrogen (secondary N) is 1. The fraction of sp³-hybridized carbons (Fsp3) is 0.118. The molecule has 0 radical (unpaired) electrons. The lowest BCUT2D eigenvalue weighted by Crippen LogP contribution is -2.12. The van der Waals surface area contributed by atoms with Crippen LogP contribution in [0.3, 0.4) is 0 Å². The first-order chi connectivity index (χ1) is 10.1. The summed E-state index contributed by atoms with van der Waals surface area (Å²) in [7, 11) is 0. The van der Waals surface area contributed by atoms with Crippen LogP contribution in [0.15, 0.2) is 46.9 Å². The number of carbonyl (C=O) groups is 1. The average molecular weight is 300 g/mol. The van der Waals surface area contributed by atoms with Crippen molar-refractivity contribution in [1.82, 2.24) is 0 Å². The summed E-state index contributed by atoms with van der Waals surface area (Å²) in [6.07, 6.45) is 0. The third kappa shape index (κ3) is 2.52. The van der Waals surface area contributed by atoms with Crippen LogP contribution in [0.5, 0.6) is 0 Å². The first-order valence-electron chi connectivity index (χ1n) is 6.62. The number of carbonyl (C=O) groups excluding carboxylic acids is 1. The molecule has 0 fully saturated rings. The van der Waals surface area contributed by atoms with Gasteiger partial charge in [-0.05, 0) is 37.6 Å². The number of fused-ring (bicyclic) bond motifs is 1. The topological polar surface area (TPSA) is 42.2 Å². The zero-order valence-corrected chi connectivity index (χ0v) is 12.5. The van der Waals surface area contributed by atoms with E-state index in [1.54, 1.807) is 6.07 Å². The quantitative estimate of drug-likeness (QED) is 0.727. The Hall–Kier alpha value is -2.26. The molecule has 0 spiro atoms. The molecule has 1 heterocycles. The Morgan fingerprint density at radius 1 is 1.14 bits per heavy atom. The fourth-order valence-corrected chi connectivity index (χ4v) is 2.57. The van der Waals surface area contributed by atoms with E-state index in [2.05, 4.69) is 5.32 Å². The summed E-state index contributed by atoms with van der Waals surface area (Å²) in [6, 6.07) is 13.1. The van der Waals surface area contributed by atoms with Gasteiger partial charge in [-0.2, -0.15) is 0 Å². The molecule has 21 heavy (non-hydrogen) atoms. The molecule has 0 unspecified atom stereocenters. The summed E-state index contributed by atoms with van der Waals surface area (Å²) in [5.74, 6) is 0.0160. The molecule has 3 rings (SSSR count). The minimum absolute atomic E-state index is 0.297. The predicted octanol–water partition coefficient (Wildman–Crippen LogP) is 4.96. The van der Waals surface area contributed by atoms with Crippen LogP contribution in [0.4, 0.5) is 5.69 Å². The SMILES string of the molecule is Cc1ccc(NC(=O)c2oc3ccccc3c2C)c(Cl)c1. The highest BCUT2D eigenvalue weighted by atomic mass is 35.5. The lowest BCUT2D eigenvalue weighted by Gasteiger charge is -2.06. The van der Waals surface area contributed by atoms with Gasteiger partial charge in [-0.1, -0.05) is 35.9 Å². The summed E-state index contributed by atoms with van der Waals surface area (Å²) in [4.78, 5) is 12.4. The summed E-state index contributed by atoms with van der Waals surface area (Å²) >= 11 is 6.13. The van der Waals surface area contributed by atoms with Crippen molar-refractivity contribution in [2.75, 3.05) is 5.32 Å². The second kappa shape index (κ2) is 5.26. The number of rotatable bonds is 2. The van der Waals surface area contributed by atoms with Crippen LogP contribution in [0.2, 0.25) is 5.02 Å². The van der Waals surface area contributed by atoms with Gasteiger partial charge in [-0.15, -0.1) is 0 Å². The summed E-state index contributed by atoms with van der Waals surface area (Å²) in [5.41, 5.74) is 3.14. The maximum absolute atomic E-state index is 12.4. The Bertz CT molecular complexity index is 836. The Morgan fingerprint density at radius 2 is 1.90 bits per heavy atom. The largest absolute Gasteiger partial charge is 0.451 e. The van der Waals surface area contributed by atoms with E-state index >= 15 is 0 Å². The van der Waals surface area contributed by atoms with Crippen LogP contribution in [0.25, 0.3) is 11.0 Å². The molecule has 3 aromatic rings. The lowest BCUT2D eigenvalue weighted by molar-refractivity contribution is 0.0998. The zero-order valence-electron chi connectivity index (χ0n) is 11.7. The number of benzene rings is 2. The van der Waals surface area contributed by atoms with Gasteiger partial charge in [0.1, 0.15) is 5.58 Å². The predicted molar refractivity (Wildman–Crippen MR) is 85.1 cm³/mol. The van der Waals surface area contributed by atoms with Gasteiger partial charge in [0.05, 0.1) is 10.7 Å². The number of furan rings is 1. The zero-order chi connectivity index (χ0) is 15.0. The van der Waals surface area contributed by atoms with Crippen molar-refractivity contribution in [2.24, 2.45) is 0 Å². The Morgan fingerprint density at radius 3 is 2.62 bits per heavy atom. The molecule has 4 heteroatoms. The molecule has 0 saturated heterocycles. The van der Waals surface area contributed by atoms with E-state index in [1.165, 1.54) is 0 Å². The van der Waals surface area contributed by atoms with E-state index in [9.17, 15) is 4.79 Å². The molecule has 0 aliphatic carbocycles. The molecule has 2 aromatic carbocycles. The third-order valence-electron chi connectivity index (χ3n) is 3.42. The molecule has 0 aliphatic rings. The monoisotopic (exact) mass is 299 g/mol. The van der Waals surface area contributed by atoms with E-state index in [0.717, 1.165) is 16.5 Å². The number of amides is 1. The number of para-hydroxylation sites is 1. The number of aryl methyl sites for hydroxylation is 2. The molecule has 0 bridgehead atoms. The minimum Gasteiger partial charge on any atom is -0.451 e. The Kier molecular flexibility index (Phi) is 3.43. The van der Waals surface area contributed by atoms with Crippen molar-refractivity contribution < 1.29 is 9.21 Å². The second-order valence-electron chi connectivity index (χ2n) is 4.99. The second-order valence-corrected chi connectivity index (χ2v) is 5.40. The normalized spacial score (nSPS) is 10.8. The molecular weight excluding hydrogens is 286 g/mol. The van der Waals surface area contributed by atoms with Gasteiger partial charge >= 0.3 is 0 Å². The summed E-state index contributed by atoms with van der Waals surface area (Å²) in [6.45, 7) is 3.82. The highest BCUT2D eigenvalue weighted by Crippen LogP contribution is 2.27. The highest BCUT2D eigenvalue weighted by molar-refractivity contribution is 6.34. The standard InChI is InChI=1S/C17H14ClNO2/c1-10-7-8-14(13(18)9-10)19-17(20)16-11(2)12-5-3-4-6-15(12)21-16/h3-9H,1-2H3,(H,19,20). The van der Waals surface area contributed by atoms with E-state index in [1.807, 2.05) is 50.2 Å². The number of hydrogen-bond acceptors (Lipinski definition) is 2. The fourth-order valence-electron chi connectivity index (χ4n) is 2.29. The minimum atomic E-state index is -0.297. The molecule has 0 atom stereocenters. The third-order valence-corrected chi connectivity index (χ3v) is 3.74. The van der Waals surface area contributed by atoms with Gasteiger partial charge in [0, 0.05) is 10.9 Å².